The highest BCUT2D eigenvalue weighted by atomic mass is 16.5. The first-order valence-corrected chi connectivity index (χ1v) is 6.22. The van der Waals surface area contributed by atoms with Gasteiger partial charge in [-0.2, -0.15) is 0 Å². The van der Waals surface area contributed by atoms with Crippen LogP contribution in [0.2, 0.25) is 0 Å². The number of aromatic nitrogens is 1. The summed E-state index contributed by atoms with van der Waals surface area (Å²) < 4.78 is 10.2. The van der Waals surface area contributed by atoms with Crippen LogP contribution in [0.5, 0.6) is 5.75 Å². The van der Waals surface area contributed by atoms with Gasteiger partial charge in [0.15, 0.2) is 0 Å². The van der Waals surface area contributed by atoms with Crippen molar-refractivity contribution in [1.82, 2.24) is 4.98 Å². The molecule has 1 aromatic carbocycles. The maximum atomic E-state index is 11.5. The number of ether oxygens (including phenoxy) is 2. The number of carbonyl (C=O) groups is 1. The first-order chi connectivity index (χ1) is 9.17. The van der Waals surface area contributed by atoms with Gasteiger partial charge < -0.3 is 20.2 Å². The van der Waals surface area contributed by atoms with Gasteiger partial charge in [0.1, 0.15) is 11.8 Å². The Hall–Kier alpha value is -2.01. The van der Waals surface area contributed by atoms with Crippen LogP contribution in [0.15, 0.2) is 24.4 Å². The lowest BCUT2D eigenvalue weighted by molar-refractivity contribution is -0.144. The maximum absolute atomic E-state index is 11.5. The Morgan fingerprint density at radius 1 is 1.47 bits per heavy atom. The average Bonchev–Trinajstić information content (AvgIpc) is 2.82. The number of rotatable bonds is 5. The van der Waals surface area contributed by atoms with Gasteiger partial charge >= 0.3 is 5.97 Å². The molecule has 2 aromatic rings. The molecule has 1 aromatic heterocycles. The minimum absolute atomic E-state index is 0.342. The lowest BCUT2D eigenvalue weighted by atomic mass is 10.1. The lowest BCUT2D eigenvalue weighted by Gasteiger charge is -2.09. The molecule has 1 atom stereocenters. The molecule has 0 amide bonds. The van der Waals surface area contributed by atoms with Gasteiger partial charge in [-0.05, 0) is 18.6 Å². The van der Waals surface area contributed by atoms with Crippen molar-refractivity contribution in [2.75, 3.05) is 13.7 Å². The SMILES string of the molecule is CCOC(=O)[C@H](N)Cc1c[nH]c2c(OC)cccc12. The summed E-state index contributed by atoms with van der Waals surface area (Å²) in [6.45, 7) is 2.11. The van der Waals surface area contributed by atoms with E-state index in [1.54, 1.807) is 14.0 Å². The van der Waals surface area contributed by atoms with Crippen molar-refractivity contribution in [3.05, 3.63) is 30.0 Å². The first-order valence-electron chi connectivity index (χ1n) is 6.22. The highest BCUT2D eigenvalue weighted by molar-refractivity contribution is 5.89. The summed E-state index contributed by atoms with van der Waals surface area (Å²) >= 11 is 0. The van der Waals surface area contributed by atoms with Crippen molar-refractivity contribution in [1.29, 1.82) is 0 Å². The number of carbonyl (C=O) groups excluding carboxylic acids is 1. The summed E-state index contributed by atoms with van der Waals surface area (Å²) in [7, 11) is 1.62. The second kappa shape index (κ2) is 5.75. The van der Waals surface area contributed by atoms with Crippen molar-refractivity contribution in [3.8, 4) is 5.75 Å². The number of benzene rings is 1. The third-order valence-electron chi connectivity index (χ3n) is 3.01. The summed E-state index contributed by atoms with van der Waals surface area (Å²) in [5, 5.41) is 1.01. The van der Waals surface area contributed by atoms with Gasteiger partial charge in [0, 0.05) is 18.0 Å². The monoisotopic (exact) mass is 262 g/mol. The normalized spacial score (nSPS) is 12.4. The van der Waals surface area contributed by atoms with E-state index in [1.165, 1.54) is 0 Å². The van der Waals surface area contributed by atoms with E-state index in [0.717, 1.165) is 22.2 Å². The third-order valence-corrected chi connectivity index (χ3v) is 3.01. The number of para-hydroxylation sites is 1. The van der Waals surface area contributed by atoms with Crippen molar-refractivity contribution in [3.63, 3.8) is 0 Å². The molecule has 0 spiro atoms. The number of methoxy groups -OCH3 is 1. The molecule has 0 aliphatic rings. The molecule has 5 heteroatoms. The zero-order valence-electron chi connectivity index (χ0n) is 11.1. The summed E-state index contributed by atoms with van der Waals surface area (Å²) in [5.41, 5.74) is 7.73. The predicted octanol–water partition coefficient (Wildman–Crippen LogP) is 1.61. The fraction of sp³-hybridized carbons (Fsp3) is 0.357. The number of nitrogens with one attached hydrogen (secondary N) is 1. The number of hydrogen-bond donors (Lipinski definition) is 2. The van der Waals surface area contributed by atoms with Crippen molar-refractivity contribution in [2.24, 2.45) is 5.73 Å². The molecule has 0 saturated heterocycles. The van der Waals surface area contributed by atoms with E-state index in [1.807, 2.05) is 24.4 Å². The van der Waals surface area contributed by atoms with Gasteiger partial charge in [0.25, 0.3) is 0 Å². The Kier molecular flexibility index (Phi) is 4.06. The maximum Gasteiger partial charge on any atom is 0.323 e. The number of esters is 1. The summed E-state index contributed by atoms with van der Waals surface area (Å²) in [6, 6.07) is 5.12. The molecular weight excluding hydrogens is 244 g/mol. The van der Waals surface area contributed by atoms with Gasteiger partial charge in [-0.25, -0.2) is 0 Å². The van der Waals surface area contributed by atoms with Crippen LogP contribution in [0.1, 0.15) is 12.5 Å². The summed E-state index contributed by atoms with van der Waals surface area (Å²) in [5.74, 6) is 0.396. The fourth-order valence-corrected chi connectivity index (χ4v) is 2.09. The zero-order chi connectivity index (χ0) is 13.8. The van der Waals surface area contributed by atoms with E-state index in [9.17, 15) is 4.79 Å². The highest BCUT2D eigenvalue weighted by Crippen LogP contribution is 2.27. The molecule has 19 heavy (non-hydrogen) atoms. The molecule has 0 aliphatic carbocycles. The Morgan fingerprint density at radius 2 is 2.26 bits per heavy atom. The van der Waals surface area contributed by atoms with E-state index in [2.05, 4.69) is 4.98 Å². The lowest BCUT2D eigenvalue weighted by Crippen LogP contribution is -2.34. The molecular formula is C14H18N2O3. The van der Waals surface area contributed by atoms with E-state index in [-0.39, 0.29) is 5.97 Å². The second-order valence-electron chi connectivity index (χ2n) is 4.26. The van der Waals surface area contributed by atoms with Crippen LogP contribution in [0.4, 0.5) is 0 Å². The van der Waals surface area contributed by atoms with Crippen LogP contribution in [-0.4, -0.2) is 30.7 Å². The Labute approximate surface area is 111 Å². The van der Waals surface area contributed by atoms with Crippen LogP contribution < -0.4 is 10.5 Å². The number of nitrogens with two attached hydrogens (primary N) is 1. The van der Waals surface area contributed by atoms with Gasteiger partial charge in [-0.3, -0.25) is 4.79 Å². The highest BCUT2D eigenvalue weighted by Gasteiger charge is 2.17. The van der Waals surface area contributed by atoms with Crippen LogP contribution in [0, 0.1) is 0 Å². The molecule has 1 heterocycles. The first kappa shape index (κ1) is 13.4. The van der Waals surface area contributed by atoms with E-state index < -0.39 is 6.04 Å². The van der Waals surface area contributed by atoms with E-state index in [4.69, 9.17) is 15.2 Å². The summed E-state index contributed by atoms with van der Waals surface area (Å²) in [4.78, 5) is 14.7. The topological polar surface area (TPSA) is 77.3 Å². The van der Waals surface area contributed by atoms with Gasteiger partial charge in [0.2, 0.25) is 0 Å². The molecule has 0 radical (unpaired) electrons. The standard InChI is InChI=1S/C14H18N2O3/c1-3-19-14(17)11(15)7-9-8-16-13-10(9)5-4-6-12(13)18-2/h4-6,8,11,16H,3,7,15H2,1-2H3/t11-/m1/s1. The third kappa shape index (κ3) is 2.71. The number of H-pyrrole nitrogens is 1. The molecule has 5 nitrogen and oxygen atoms in total. The van der Waals surface area contributed by atoms with Crippen molar-refractivity contribution >= 4 is 16.9 Å². The van der Waals surface area contributed by atoms with Gasteiger partial charge in [0.05, 0.1) is 19.2 Å². The molecule has 3 N–H and O–H groups in total. The van der Waals surface area contributed by atoms with Crippen LogP contribution in [0.25, 0.3) is 10.9 Å². The van der Waals surface area contributed by atoms with Crippen LogP contribution in [0.3, 0.4) is 0 Å². The molecule has 0 fully saturated rings. The smallest absolute Gasteiger partial charge is 0.323 e. The Balaban J connectivity index is 2.24. The predicted molar refractivity (Wildman–Crippen MR) is 73.2 cm³/mol. The minimum Gasteiger partial charge on any atom is -0.495 e. The summed E-state index contributed by atoms with van der Waals surface area (Å²) in [6.07, 6.45) is 2.29. The van der Waals surface area contributed by atoms with Crippen molar-refractivity contribution < 1.29 is 14.3 Å². The molecule has 0 bridgehead atoms. The largest absolute Gasteiger partial charge is 0.495 e. The minimum atomic E-state index is -0.648. The van der Waals surface area contributed by atoms with Crippen LogP contribution >= 0.6 is 0 Å². The molecule has 0 aliphatic heterocycles. The Bertz CT molecular complexity index is 577. The number of hydrogen-bond acceptors (Lipinski definition) is 4. The van der Waals surface area contributed by atoms with E-state index >= 15 is 0 Å². The van der Waals surface area contributed by atoms with Gasteiger partial charge in [-0.15, -0.1) is 0 Å². The molecule has 102 valence electrons. The molecule has 0 saturated carbocycles. The van der Waals surface area contributed by atoms with Crippen LogP contribution in [-0.2, 0) is 16.0 Å². The fourth-order valence-electron chi connectivity index (χ4n) is 2.09. The zero-order valence-corrected chi connectivity index (χ0v) is 11.1. The molecule has 2 rings (SSSR count). The number of fused-ring (bicyclic) bond motifs is 1. The second-order valence-corrected chi connectivity index (χ2v) is 4.26. The quantitative estimate of drug-likeness (QED) is 0.802. The van der Waals surface area contributed by atoms with Gasteiger partial charge in [-0.1, -0.05) is 12.1 Å². The average molecular weight is 262 g/mol. The van der Waals surface area contributed by atoms with Crippen molar-refractivity contribution in [2.45, 2.75) is 19.4 Å². The Morgan fingerprint density at radius 3 is 2.95 bits per heavy atom. The number of aromatic amines is 1. The molecule has 0 unspecified atom stereocenters. The van der Waals surface area contributed by atoms with E-state index in [0.29, 0.717) is 13.0 Å².